The summed E-state index contributed by atoms with van der Waals surface area (Å²) in [7, 11) is -3.26. The highest BCUT2D eigenvalue weighted by molar-refractivity contribution is 7.90. The molecule has 1 atom stereocenters. The van der Waals surface area contributed by atoms with Crippen LogP contribution in [0.2, 0.25) is 5.02 Å². The third kappa shape index (κ3) is 3.49. The third-order valence-electron chi connectivity index (χ3n) is 2.87. The number of anilines is 1. The van der Waals surface area contributed by atoms with Crippen LogP contribution in [0, 0.1) is 0 Å². The van der Waals surface area contributed by atoms with Crippen molar-refractivity contribution in [2.24, 2.45) is 0 Å². The molecule has 0 spiro atoms. The summed E-state index contributed by atoms with van der Waals surface area (Å²) in [6.07, 6.45) is 2.88. The Kier molecular flexibility index (Phi) is 4.30. The summed E-state index contributed by atoms with van der Waals surface area (Å²) < 4.78 is 23.1. The standard InChI is InChI=1S/C14H15ClN2O2S/c1-10(13-5-3-4-8-16-13)17-14-9-11(20(2,18)19)6-7-12(14)15/h3-10,17H,1-2H3. The molecule has 1 aromatic heterocycles. The SMILES string of the molecule is CC(Nc1cc(S(C)(=O)=O)ccc1Cl)c1ccccn1. The molecule has 2 rings (SSSR count). The molecule has 1 unspecified atom stereocenters. The van der Waals surface area contributed by atoms with Gasteiger partial charge in [0.15, 0.2) is 9.84 Å². The monoisotopic (exact) mass is 310 g/mol. The number of rotatable bonds is 4. The average Bonchev–Trinajstić information content (AvgIpc) is 2.41. The van der Waals surface area contributed by atoms with Crippen molar-refractivity contribution in [1.29, 1.82) is 0 Å². The average molecular weight is 311 g/mol. The topological polar surface area (TPSA) is 59.1 Å². The Bertz CT molecular complexity index is 702. The van der Waals surface area contributed by atoms with E-state index in [9.17, 15) is 8.42 Å². The van der Waals surface area contributed by atoms with E-state index in [4.69, 9.17) is 11.6 Å². The molecular weight excluding hydrogens is 296 g/mol. The highest BCUT2D eigenvalue weighted by Gasteiger charge is 2.13. The summed E-state index contributed by atoms with van der Waals surface area (Å²) in [5.41, 5.74) is 1.43. The summed E-state index contributed by atoms with van der Waals surface area (Å²) in [6, 6.07) is 10.2. The number of halogens is 1. The first-order valence-corrected chi connectivity index (χ1v) is 8.32. The lowest BCUT2D eigenvalue weighted by Crippen LogP contribution is -2.09. The molecule has 0 saturated carbocycles. The summed E-state index contributed by atoms with van der Waals surface area (Å²) in [5, 5.41) is 3.65. The molecule has 1 N–H and O–H groups in total. The van der Waals surface area contributed by atoms with Crippen LogP contribution < -0.4 is 5.32 Å². The van der Waals surface area contributed by atoms with Crippen molar-refractivity contribution in [1.82, 2.24) is 4.98 Å². The smallest absolute Gasteiger partial charge is 0.175 e. The maximum Gasteiger partial charge on any atom is 0.175 e. The van der Waals surface area contributed by atoms with Gasteiger partial charge in [0.05, 0.1) is 27.3 Å². The molecule has 20 heavy (non-hydrogen) atoms. The van der Waals surface area contributed by atoms with Gasteiger partial charge in [-0.05, 0) is 37.3 Å². The molecule has 4 nitrogen and oxygen atoms in total. The number of pyridine rings is 1. The fraction of sp³-hybridized carbons (Fsp3) is 0.214. The summed E-state index contributed by atoms with van der Waals surface area (Å²) in [6.45, 7) is 1.94. The molecular formula is C14H15ClN2O2S. The van der Waals surface area contributed by atoms with Gasteiger partial charge in [-0.15, -0.1) is 0 Å². The van der Waals surface area contributed by atoms with Crippen molar-refractivity contribution in [2.75, 3.05) is 11.6 Å². The quantitative estimate of drug-likeness (QED) is 0.941. The van der Waals surface area contributed by atoms with Crippen LogP contribution in [0.25, 0.3) is 0 Å². The van der Waals surface area contributed by atoms with Gasteiger partial charge in [-0.25, -0.2) is 8.42 Å². The molecule has 106 valence electrons. The second-order valence-electron chi connectivity index (χ2n) is 4.53. The Labute approximate surface area is 123 Å². The maximum atomic E-state index is 11.6. The Hall–Kier alpha value is -1.59. The van der Waals surface area contributed by atoms with Crippen molar-refractivity contribution in [3.8, 4) is 0 Å². The molecule has 0 amide bonds. The summed E-state index contributed by atoms with van der Waals surface area (Å²) in [4.78, 5) is 4.49. The minimum absolute atomic E-state index is 0.0801. The van der Waals surface area contributed by atoms with Crippen molar-refractivity contribution in [3.05, 3.63) is 53.3 Å². The van der Waals surface area contributed by atoms with E-state index in [1.165, 1.54) is 18.4 Å². The van der Waals surface area contributed by atoms with Crippen LogP contribution in [0.4, 0.5) is 5.69 Å². The van der Waals surface area contributed by atoms with Gasteiger partial charge in [0.1, 0.15) is 0 Å². The summed E-state index contributed by atoms with van der Waals surface area (Å²) >= 11 is 6.10. The van der Waals surface area contributed by atoms with E-state index in [0.29, 0.717) is 10.7 Å². The zero-order valence-corrected chi connectivity index (χ0v) is 12.7. The molecule has 0 aliphatic heterocycles. The number of aromatic nitrogens is 1. The van der Waals surface area contributed by atoms with Crippen molar-refractivity contribution < 1.29 is 8.42 Å². The number of hydrogen-bond donors (Lipinski definition) is 1. The fourth-order valence-corrected chi connectivity index (χ4v) is 2.60. The minimum Gasteiger partial charge on any atom is -0.376 e. The van der Waals surface area contributed by atoms with Gasteiger partial charge in [-0.3, -0.25) is 4.98 Å². The molecule has 0 bridgehead atoms. The van der Waals surface area contributed by atoms with E-state index in [1.807, 2.05) is 25.1 Å². The first-order valence-electron chi connectivity index (χ1n) is 6.05. The molecule has 1 heterocycles. The number of nitrogens with one attached hydrogen (secondary N) is 1. The zero-order chi connectivity index (χ0) is 14.8. The fourth-order valence-electron chi connectivity index (χ4n) is 1.78. The summed E-state index contributed by atoms with van der Waals surface area (Å²) in [5.74, 6) is 0. The number of nitrogens with zero attached hydrogens (tertiary/aromatic N) is 1. The van der Waals surface area contributed by atoms with Gasteiger partial charge >= 0.3 is 0 Å². The molecule has 0 fully saturated rings. The normalized spacial score (nSPS) is 12.9. The molecule has 6 heteroatoms. The molecule has 0 radical (unpaired) electrons. The van der Waals surface area contributed by atoms with Crippen LogP contribution in [0.15, 0.2) is 47.5 Å². The van der Waals surface area contributed by atoms with E-state index in [0.717, 1.165) is 5.69 Å². The molecule has 0 aliphatic rings. The van der Waals surface area contributed by atoms with E-state index in [2.05, 4.69) is 10.3 Å². The highest BCUT2D eigenvalue weighted by atomic mass is 35.5. The van der Waals surface area contributed by atoms with Gasteiger partial charge in [0.2, 0.25) is 0 Å². The van der Waals surface area contributed by atoms with Crippen LogP contribution in [0.5, 0.6) is 0 Å². The molecule has 1 aromatic carbocycles. The van der Waals surface area contributed by atoms with Gasteiger partial charge in [0, 0.05) is 12.5 Å². The Morgan fingerprint density at radius 2 is 2.00 bits per heavy atom. The Morgan fingerprint density at radius 3 is 2.60 bits per heavy atom. The van der Waals surface area contributed by atoms with Gasteiger partial charge in [-0.2, -0.15) is 0 Å². The maximum absolute atomic E-state index is 11.6. The second kappa shape index (κ2) is 5.81. The minimum atomic E-state index is -3.26. The highest BCUT2D eigenvalue weighted by Crippen LogP contribution is 2.28. The van der Waals surface area contributed by atoms with E-state index >= 15 is 0 Å². The van der Waals surface area contributed by atoms with E-state index < -0.39 is 9.84 Å². The Balaban J connectivity index is 2.30. The van der Waals surface area contributed by atoms with E-state index in [1.54, 1.807) is 12.3 Å². The number of benzene rings is 1. The second-order valence-corrected chi connectivity index (χ2v) is 6.96. The Morgan fingerprint density at radius 1 is 1.25 bits per heavy atom. The lowest BCUT2D eigenvalue weighted by Gasteiger charge is -2.16. The molecule has 0 saturated heterocycles. The lowest BCUT2D eigenvalue weighted by atomic mass is 10.2. The zero-order valence-electron chi connectivity index (χ0n) is 11.2. The predicted octanol–water partition coefficient (Wildman–Crippen LogP) is 3.31. The van der Waals surface area contributed by atoms with Crippen molar-refractivity contribution in [2.45, 2.75) is 17.9 Å². The van der Waals surface area contributed by atoms with E-state index in [-0.39, 0.29) is 10.9 Å². The van der Waals surface area contributed by atoms with Crippen LogP contribution in [-0.2, 0) is 9.84 Å². The van der Waals surface area contributed by atoms with Crippen LogP contribution in [0.3, 0.4) is 0 Å². The van der Waals surface area contributed by atoms with Crippen LogP contribution in [0.1, 0.15) is 18.7 Å². The largest absolute Gasteiger partial charge is 0.376 e. The van der Waals surface area contributed by atoms with Crippen molar-refractivity contribution >= 4 is 27.1 Å². The predicted molar refractivity (Wildman–Crippen MR) is 80.8 cm³/mol. The molecule has 2 aromatic rings. The van der Waals surface area contributed by atoms with Gasteiger partial charge < -0.3 is 5.32 Å². The van der Waals surface area contributed by atoms with Crippen LogP contribution >= 0.6 is 11.6 Å². The first kappa shape index (κ1) is 14.8. The first-order chi connectivity index (χ1) is 9.38. The van der Waals surface area contributed by atoms with Crippen LogP contribution in [-0.4, -0.2) is 19.7 Å². The van der Waals surface area contributed by atoms with Gasteiger partial charge in [0.25, 0.3) is 0 Å². The lowest BCUT2D eigenvalue weighted by molar-refractivity contribution is 0.602. The number of hydrogen-bond acceptors (Lipinski definition) is 4. The molecule has 0 aliphatic carbocycles. The van der Waals surface area contributed by atoms with Crippen molar-refractivity contribution in [3.63, 3.8) is 0 Å². The third-order valence-corrected chi connectivity index (χ3v) is 4.31. The van der Waals surface area contributed by atoms with Gasteiger partial charge in [-0.1, -0.05) is 17.7 Å². The number of sulfone groups is 1.